The number of hydrogen-bond donors (Lipinski definition) is 3. The second kappa shape index (κ2) is 4.46. The molecule has 1 unspecified atom stereocenters. The van der Waals surface area contributed by atoms with Crippen LogP contribution in [0.4, 0.5) is 0 Å². The van der Waals surface area contributed by atoms with Gasteiger partial charge in [-0.25, -0.2) is 5.43 Å². The van der Waals surface area contributed by atoms with Crippen molar-refractivity contribution in [2.45, 2.75) is 6.04 Å². The number of benzene rings is 1. The third-order valence-electron chi connectivity index (χ3n) is 2.28. The number of carbonyl (C=O) groups is 1. The average Bonchev–Trinajstić information content (AvgIpc) is 2.29. The van der Waals surface area contributed by atoms with Gasteiger partial charge in [-0.15, -0.1) is 0 Å². The fraction of sp³-hybridized carbons (Fsp3) is 0.200. The Morgan fingerprint density at radius 2 is 2.00 bits per heavy atom. The molecule has 0 saturated carbocycles. The molecule has 0 aliphatic carbocycles. The van der Waals surface area contributed by atoms with Gasteiger partial charge in [-0.05, 0) is 29.9 Å². The Morgan fingerprint density at radius 1 is 1.31 bits per heavy atom. The summed E-state index contributed by atoms with van der Waals surface area (Å²) in [6, 6.07) is 6.81. The second-order valence-electron chi connectivity index (χ2n) is 3.29. The number of amides is 1. The van der Waals surface area contributed by atoms with Crippen molar-refractivity contribution in [3.63, 3.8) is 0 Å². The van der Waals surface area contributed by atoms with Crippen molar-refractivity contribution in [2.75, 3.05) is 7.11 Å². The smallest absolute Gasteiger partial charge is 0.249 e. The minimum atomic E-state index is -0.447. The molecule has 1 amide bonds. The number of hydrazine groups is 1. The molecule has 3 N–H and O–H groups in total. The highest BCUT2D eigenvalue weighted by molar-refractivity contribution is 7.80. The van der Waals surface area contributed by atoms with Crippen molar-refractivity contribution >= 4 is 23.2 Å². The molecule has 1 aromatic rings. The summed E-state index contributed by atoms with van der Waals surface area (Å²) in [7, 11) is 1.60. The molecule has 0 spiro atoms. The molecule has 0 radical (unpaired) electrons. The van der Waals surface area contributed by atoms with Gasteiger partial charge in [0.05, 0.1) is 7.11 Å². The summed E-state index contributed by atoms with van der Waals surface area (Å²) in [6.07, 6.45) is 0. The normalized spacial score (nSPS) is 19.9. The first-order valence-corrected chi connectivity index (χ1v) is 5.12. The number of nitrogens with one attached hydrogen (secondary N) is 3. The van der Waals surface area contributed by atoms with Crippen LogP contribution in [0.5, 0.6) is 5.75 Å². The van der Waals surface area contributed by atoms with Gasteiger partial charge in [-0.2, -0.15) is 0 Å². The lowest BCUT2D eigenvalue weighted by Crippen LogP contribution is -2.57. The Bertz CT molecular complexity index is 419. The maximum Gasteiger partial charge on any atom is 0.249 e. The van der Waals surface area contributed by atoms with E-state index in [-0.39, 0.29) is 11.0 Å². The lowest BCUT2D eigenvalue weighted by molar-refractivity contribution is -0.122. The number of methoxy groups -OCH3 is 1. The maximum absolute atomic E-state index is 11.6. The van der Waals surface area contributed by atoms with Gasteiger partial charge in [0.1, 0.15) is 11.8 Å². The Balaban J connectivity index is 2.17. The summed E-state index contributed by atoms with van der Waals surface area (Å²) in [5.41, 5.74) is 6.38. The molecule has 1 saturated heterocycles. The molecule has 1 aliphatic heterocycles. The fourth-order valence-corrected chi connectivity index (χ4v) is 1.61. The lowest BCUT2D eigenvalue weighted by atomic mass is 10.1. The third-order valence-corrected chi connectivity index (χ3v) is 2.48. The molecule has 1 fully saturated rings. The van der Waals surface area contributed by atoms with Crippen LogP contribution in [0, 0.1) is 0 Å². The van der Waals surface area contributed by atoms with Gasteiger partial charge in [0.25, 0.3) is 0 Å². The zero-order valence-electron chi connectivity index (χ0n) is 8.61. The molecule has 0 aromatic heterocycles. The van der Waals surface area contributed by atoms with Gasteiger partial charge < -0.3 is 10.1 Å². The largest absolute Gasteiger partial charge is 0.497 e. The summed E-state index contributed by atoms with van der Waals surface area (Å²) in [4.78, 5) is 11.6. The summed E-state index contributed by atoms with van der Waals surface area (Å²) in [5.74, 6) is 0.581. The summed E-state index contributed by atoms with van der Waals surface area (Å²) >= 11 is 4.80. The number of carbonyl (C=O) groups excluding carboxylic acids is 1. The van der Waals surface area contributed by atoms with Crippen molar-refractivity contribution in [1.29, 1.82) is 0 Å². The minimum Gasteiger partial charge on any atom is -0.497 e. The van der Waals surface area contributed by atoms with Crippen LogP contribution in [0.25, 0.3) is 0 Å². The first-order valence-electron chi connectivity index (χ1n) is 4.71. The summed E-state index contributed by atoms with van der Waals surface area (Å²) in [5, 5.41) is 2.83. The highest BCUT2D eigenvalue weighted by atomic mass is 32.1. The van der Waals surface area contributed by atoms with Crippen LogP contribution in [0.3, 0.4) is 0 Å². The average molecular weight is 237 g/mol. The maximum atomic E-state index is 11.6. The number of ether oxygens (including phenoxy) is 1. The monoisotopic (exact) mass is 237 g/mol. The highest BCUT2D eigenvalue weighted by Gasteiger charge is 2.25. The van der Waals surface area contributed by atoms with Gasteiger partial charge in [-0.3, -0.25) is 10.2 Å². The Labute approximate surface area is 98.1 Å². The fourth-order valence-electron chi connectivity index (χ4n) is 1.45. The van der Waals surface area contributed by atoms with Crippen LogP contribution in [0.15, 0.2) is 24.3 Å². The minimum absolute atomic E-state index is 0.172. The number of thiocarbonyl (C=S) groups is 1. The zero-order chi connectivity index (χ0) is 11.5. The Morgan fingerprint density at radius 3 is 2.56 bits per heavy atom. The van der Waals surface area contributed by atoms with Crippen LogP contribution in [-0.2, 0) is 4.79 Å². The van der Waals surface area contributed by atoms with Crippen molar-refractivity contribution < 1.29 is 9.53 Å². The SMILES string of the molecule is COc1ccc(C2NNC(=S)NC2=O)cc1. The van der Waals surface area contributed by atoms with Gasteiger partial charge in [-0.1, -0.05) is 12.1 Å². The van der Waals surface area contributed by atoms with E-state index < -0.39 is 6.04 Å². The quantitative estimate of drug-likeness (QED) is 0.643. The highest BCUT2D eigenvalue weighted by Crippen LogP contribution is 2.18. The van der Waals surface area contributed by atoms with Gasteiger partial charge in [0.2, 0.25) is 5.91 Å². The van der Waals surface area contributed by atoms with Crippen molar-refractivity contribution in [2.24, 2.45) is 0 Å². The van der Waals surface area contributed by atoms with Crippen molar-refractivity contribution in [3.8, 4) is 5.75 Å². The molecule has 16 heavy (non-hydrogen) atoms. The Hall–Kier alpha value is -1.66. The van der Waals surface area contributed by atoms with E-state index in [4.69, 9.17) is 17.0 Å². The first kappa shape index (κ1) is 10.8. The Kier molecular flexibility index (Phi) is 3.02. The molecule has 5 nitrogen and oxygen atoms in total. The van der Waals surface area contributed by atoms with Crippen LogP contribution < -0.4 is 20.9 Å². The molecular formula is C10H11N3O2S. The van der Waals surface area contributed by atoms with E-state index >= 15 is 0 Å². The predicted octanol–water partition coefficient (Wildman–Crippen LogP) is 0.245. The molecule has 1 aliphatic rings. The zero-order valence-corrected chi connectivity index (χ0v) is 9.43. The van der Waals surface area contributed by atoms with Crippen LogP contribution in [-0.4, -0.2) is 18.1 Å². The number of rotatable bonds is 2. The van der Waals surface area contributed by atoms with Crippen LogP contribution in [0.2, 0.25) is 0 Å². The van der Waals surface area contributed by atoms with E-state index in [1.807, 2.05) is 12.1 Å². The van der Waals surface area contributed by atoms with Crippen LogP contribution in [0.1, 0.15) is 11.6 Å². The van der Waals surface area contributed by atoms with E-state index in [1.54, 1.807) is 19.2 Å². The van der Waals surface area contributed by atoms with Gasteiger partial charge in [0, 0.05) is 0 Å². The summed E-state index contributed by atoms with van der Waals surface area (Å²) in [6.45, 7) is 0. The molecule has 84 valence electrons. The molecule has 1 aromatic carbocycles. The topological polar surface area (TPSA) is 62.4 Å². The molecular weight excluding hydrogens is 226 g/mol. The van der Waals surface area contributed by atoms with Gasteiger partial charge in [0.15, 0.2) is 5.11 Å². The molecule has 1 atom stereocenters. The molecule has 6 heteroatoms. The van der Waals surface area contributed by atoms with E-state index in [1.165, 1.54) is 0 Å². The molecule has 1 heterocycles. The standard InChI is InChI=1S/C10H11N3O2S/c1-15-7-4-2-6(3-5-7)8-9(14)11-10(16)13-12-8/h2-5,8,12H,1H3,(H2,11,13,14,16). The first-order chi connectivity index (χ1) is 7.70. The predicted molar refractivity (Wildman–Crippen MR) is 62.7 cm³/mol. The second-order valence-corrected chi connectivity index (χ2v) is 3.70. The molecule has 2 rings (SSSR count). The lowest BCUT2D eigenvalue weighted by Gasteiger charge is -2.25. The van der Waals surface area contributed by atoms with Crippen molar-refractivity contribution in [1.82, 2.24) is 16.2 Å². The molecule has 0 bridgehead atoms. The number of hydrogen-bond acceptors (Lipinski definition) is 4. The van der Waals surface area contributed by atoms with Gasteiger partial charge >= 0.3 is 0 Å². The van der Waals surface area contributed by atoms with E-state index in [0.29, 0.717) is 0 Å². The van der Waals surface area contributed by atoms with E-state index in [2.05, 4.69) is 16.2 Å². The van der Waals surface area contributed by atoms with E-state index in [0.717, 1.165) is 11.3 Å². The van der Waals surface area contributed by atoms with Crippen molar-refractivity contribution in [3.05, 3.63) is 29.8 Å². The third kappa shape index (κ3) is 2.12. The van der Waals surface area contributed by atoms with E-state index in [9.17, 15) is 4.79 Å². The summed E-state index contributed by atoms with van der Waals surface area (Å²) < 4.78 is 5.04. The van der Waals surface area contributed by atoms with Crippen LogP contribution >= 0.6 is 12.2 Å².